The van der Waals surface area contributed by atoms with E-state index in [1.54, 1.807) is 9.13 Å². The van der Waals surface area contributed by atoms with Gasteiger partial charge in [-0.2, -0.15) is 0 Å². The maximum Gasteiger partial charge on any atom is 0.329 e. The van der Waals surface area contributed by atoms with Gasteiger partial charge in [0.2, 0.25) is 5.91 Å². The van der Waals surface area contributed by atoms with Crippen molar-refractivity contribution in [2.45, 2.75) is 51.2 Å². The lowest BCUT2D eigenvalue weighted by atomic mass is 9.71. The number of hydrogen-bond acceptors (Lipinski definition) is 2. The molecule has 146 valence electrons. The summed E-state index contributed by atoms with van der Waals surface area (Å²) in [6.45, 7) is 2.93. The number of aromatic nitrogens is 2. The fraction of sp³-hybridized carbons (Fsp3) is 0.364. The fourth-order valence-electron chi connectivity index (χ4n) is 4.12. The highest BCUT2D eigenvalue weighted by atomic mass is 35.5. The number of amides is 1. The van der Waals surface area contributed by atoms with Crippen LogP contribution in [0.25, 0.3) is 11.0 Å². The minimum absolute atomic E-state index is 0.0325. The van der Waals surface area contributed by atoms with Crippen LogP contribution in [0, 0.1) is 0 Å². The van der Waals surface area contributed by atoms with Gasteiger partial charge in [-0.1, -0.05) is 35.9 Å². The molecule has 0 unspecified atom stereocenters. The number of imidazole rings is 1. The molecular formula is C22H24ClN3O2. The monoisotopic (exact) mass is 397 g/mol. The molecular weight excluding hydrogens is 374 g/mol. The highest BCUT2D eigenvalue weighted by molar-refractivity contribution is 6.30. The van der Waals surface area contributed by atoms with Crippen LogP contribution in [0.5, 0.6) is 0 Å². The number of rotatable bonds is 6. The first kappa shape index (κ1) is 18.8. The first-order valence-electron chi connectivity index (χ1n) is 9.79. The van der Waals surface area contributed by atoms with Gasteiger partial charge in [-0.3, -0.25) is 13.9 Å². The van der Waals surface area contributed by atoms with E-state index in [-0.39, 0.29) is 23.6 Å². The Morgan fingerprint density at radius 3 is 2.29 bits per heavy atom. The molecule has 0 spiro atoms. The van der Waals surface area contributed by atoms with Gasteiger partial charge in [0.1, 0.15) is 0 Å². The van der Waals surface area contributed by atoms with Crippen LogP contribution in [0.15, 0.2) is 53.3 Å². The van der Waals surface area contributed by atoms with Crippen LogP contribution in [0.2, 0.25) is 5.02 Å². The summed E-state index contributed by atoms with van der Waals surface area (Å²) >= 11 is 6.00. The molecule has 1 saturated carbocycles. The number of aryl methyl sites for hydroxylation is 2. The van der Waals surface area contributed by atoms with Crippen LogP contribution in [0.4, 0.5) is 0 Å². The van der Waals surface area contributed by atoms with E-state index in [1.165, 1.54) is 0 Å². The van der Waals surface area contributed by atoms with Gasteiger partial charge < -0.3 is 5.32 Å². The summed E-state index contributed by atoms with van der Waals surface area (Å²) in [7, 11) is 0. The van der Waals surface area contributed by atoms with E-state index >= 15 is 0 Å². The third kappa shape index (κ3) is 3.24. The summed E-state index contributed by atoms with van der Waals surface area (Å²) < 4.78 is 3.45. The van der Waals surface area contributed by atoms with Crippen molar-refractivity contribution >= 4 is 28.5 Å². The van der Waals surface area contributed by atoms with E-state index in [2.05, 4.69) is 5.32 Å². The molecule has 1 amide bonds. The summed E-state index contributed by atoms with van der Waals surface area (Å²) in [5, 5.41) is 3.91. The molecule has 0 saturated heterocycles. The molecule has 28 heavy (non-hydrogen) atoms. The summed E-state index contributed by atoms with van der Waals surface area (Å²) in [5.41, 5.74) is 2.51. The average Bonchev–Trinajstić information content (AvgIpc) is 2.94. The predicted octanol–water partition coefficient (Wildman–Crippen LogP) is 4.06. The normalized spacial score (nSPS) is 15.4. The lowest BCUT2D eigenvalue weighted by Crippen LogP contribution is -2.51. The summed E-state index contributed by atoms with van der Waals surface area (Å²) in [5.74, 6) is -0.0325. The van der Waals surface area contributed by atoms with Crippen molar-refractivity contribution in [3.05, 3.63) is 69.6 Å². The zero-order valence-electron chi connectivity index (χ0n) is 16.0. The number of carbonyl (C=O) groups is 1. The van der Waals surface area contributed by atoms with Crippen LogP contribution in [-0.2, 0) is 23.4 Å². The number of para-hydroxylation sites is 2. The molecule has 0 radical (unpaired) electrons. The third-order valence-corrected chi connectivity index (χ3v) is 6.04. The van der Waals surface area contributed by atoms with Crippen molar-refractivity contribution in [3.8, 4) is 0 Å². The molecule has 1 aliphatic rings. The van der Waals surface area contributed by atoms with E-state index in [4.69, 9.17) is 11.6 Å². The van der Waals surface area contributed by atoms with Gasteiger partial charge in [-0.15, -0.1) is 0 Å². The number of fused-ring (bicyclic) bond motifs is 1. The average molecular weight is 398 g/mol. The number of halogens is 1. The van der Waals surface area contributed by atoms with Crippen molar-refractivity contribution in [1.82, 2.24) is 14.5 Å². The molecule has 4 rings (SSSR count). The minimum Gasteiger partial charge on any atom is -0.347 e. The van der Waals surface area contributed by atoms with Crippen molar-refractivity contribution in [3.63, 3.8) is 0 Å². The second kappa shape index (κ2) is 7.47. The maximum atomic E-state index is 12.7. The van der Waals surface area contributed by atoms with E-state index < -0.39 is 0 Å². The van der Waals surface area contributed by atoms with Crippen LogP contribution in [0.1, 0.15) is 38.2 Å². The molecule has 1 heterocycles. The molecule has 0 bridgehead atoms. The van der Waals surface area contributed by atoms with Gasteiger partial charge in [0.05, 0.1) is 16.6 Å². The zero-order valence-corrected chi connectivity index (χ0v) is 16.7. The second-order valence-corrected chi connectivity index (χ2v) is 7.84. The van der Waals surface area contributed by atoms with E-state index in [0.29, 0.717) is 18.1 Å². The van der Waals surface area contributed by atoms with Crippen molar-refractivity contribution in [2.24, 2.45) is 0 Å². The van der Waals surface area contributed by atoms with Crippen molar-refractivity contribution in [2.75, 3.05) is 0 Å². The molecule has 5 nitrogen and oxygen atoms in total. The molecule has 1 aliphatic carbocycles. The largest absolute Gasteiger partial charge is 0.347 e. The molecule has 6 heteroatoms. The highest BCUT2D eigenvalue weighted by Crippen LogP contribution is 2.41. The Kier molecular flexibility index (Phi) is 5.02. The lowest BCUT2D eigenvalue weighted by Gasteiger charge is -2.43. The lowest BCUT2D eigenvalue weighted by molar-refractivity contribution is -0.124. The molecule has 0 aliphatic heterocycles. The first-order valence-corrected chi connectivity index (χ1v) is 10.2. The van der Waals surface area contributed by atoms with Gasteiger partial charge in [0.15, 0.2) is 0 Å². The summed E-state index contributed by atoms with van der Waals surface area (Å²) in [4.78, 5) is 25.4. The molecule has 3 aromatic rings. The SMILES string of the molecule is CCn1c(=O)n(CCC(=O)NC2(c3ccc(Cl)cc3)CCC2)c2ccccc21. The Labute approximate surface area is 168 Å². The van der Waals surface area contributed by atoms with Crippen molar-refractivity contribution in [1.29, 1.82) is 0 Å². The van der Waals surface area contributed by atoms with Gasteiger partial charge in [-0.25, -0.2) is 4.79 Å². The number of benzene rings is 2. The third-order valence-electron chi connectivity index (χ3n) is 5.79. The molecule has 1 aromatic heterocycles. The number of nitrogens with one attached hydrogen (secondary N) is 1. The van der Waals surface area contributed by atoms with E-state index in [9.17, 15) is 9.59 Å². The van der Waals surface area contributed by atoms with Gasteiger partial charge in [-0.05, 0) is 56.0 Å². The van der Waals surface area contributed by atoms with E-state index in [0.717, 1.165) is 35.9 Å². The molecule has 1 N–H and O–H groups in total. The van der Waals surface area contributed by atoms with E-state index in [1.807, 2.05) is 55.5 Å². The van der Waals surface area contributed by atoms with Crippen molar-refractivity contribution < 1.29 is 4.79 Å². The van der Waals surface area contributed by atoms with Crippen LogP contribution in [0.3, 0.4) is 0 Å². The smallest absolute Gasteiger partial charge is 0.329 e. The van der Waals surface area contributed by atoms with Gasteiger partial charge >= 0.3 is 5.69 Å². The van der Waals surface area contributed by atoms with Gasteiger partial charge in [0.25, 0.3) is 0 Å². The second-order valence-electron chi connectivity index (χ2n) is 7.41. The zero-order chi connectivity index (χ0) is 19.7. The predicted molar refractivity (Wildman–Crippen MR) is 112 cm³/mol. The van der Waals surface area contributed by atoms with Crippen LogP contribution < -0.4 is 11.0 Å². The molecule has 1 fully saturated rings. The van der Waals surface area contributed by atoms with Crippen LogP contribution in [-0.4, -0.2) is 15.0 Å². The minimum atomic E-state index is -0.302. The first-order chi connectivity index (χ1) is 13.5. The topological polar surface area (TPSA) is 56.0 Å². The Balaban J connectivity index is 1.51. The summed E-state index contributed by atoms with van der Waals surface area (Å²) in [6, 6.07) is 15.4. The quantitative estimate of drug-likeness (QED) is 0.681. The Morgan fingerprint density at radius 2 is 1.71 bits per heavy atom. The number of hydrogen-bond donors (Lipinski definition) is 1. The Hall–Kier alpha value is -2.53. The van der Waals surface area contributed by atoms with Gasteiger partial charge in [0, 0.05) is 24.5 Å². The fourth-order valence-corrected chi connectivity index (χ4v) is 4.25. The molecule has 0 atom stereocenters. The number of nitrogens with zero attached hydrogens (tertiary/aromatic N) is 2. The van der Waals surface area contributed by atoms with Crippen LogP contribution >= 0.6 is 11.6 Å². The Morgan fingerprint density at radius 1 is 1.07 bits per heavy atom. The highest BCUT2D eigenvalue weighted by Gasteiger charge is 2.39. The molecule has 2 aromatic carbocycles. The number of carbonyl (C=O) groups excluding carboxylic acids is 1. The Bertz CT molecular complexity index is 1060. The summed E-state index contributed by atoms with van der Waals surface area (Å²) in [6.07, 6.45) is 3.21. The standard InChI is InChI=1S/C22H24ClN3O2/c1-2-25-18-6-3-4-7-19(18)26(21(25)28)15-12-20(27)24-22(13-5-14-22)16-8-10-17(23)11-9-16/h3-4,6-11H,2,5,12-15H2,1H3,(H,24,27). The maximum absolute atomic E-state index is 12.7.